The highest BCUT2D eigenvalue weighted by atomic mass is 16.5. The highest BCUT2D eigenvalue weighted by Crippen LogP contribution is 2.26. The summed E-state index contributed by atoms with van der Waals surface area (Å²) in [6, 6.07) is 15.3. The van der Waals surface area contributed by atoms with Gasteiger partial charge in [0.15, 0.2) is 0 Å². The number of nitrogens with two attached hydrogens (primary N) is 2. The second-order valence-electron chi connectivity index (χ2n) is 7.34. The maximum Gasteiger partial charge on any atom is 0.122 e. The number of nitrogens with zero attached hydrogens (tertiary/aromatic N) is 1. The number of piperidine rings is 1. The van der Waals surface area contributed by atoms with Crippen molar-refractivity contribution in [1.29, 1.82) is 10.8 Å². The maximum atomic E-state index is 7.51. The van der Waals surface area contributed by atoms with E-state index in [0.29, 0.717) is 18.1 Å². The number of nitrogens with one attached hydrogen (secondary N) is 2. The van der Waals surface area contributed by atoms with Crippen LogP contribution in [0.2, 0.25) is 0 Å². The third kappa shape index (κ3) is 5.25. The van der Waals surface area contributed by atoms with E-state index in [1.54, 1.807) is 0 Å². The van der Waals surface area contributed by atoms with Crippen LogP contribution in [0.25, 0.3) is 0 Å². The molecule has 1 aliphatic rings. The van der Waals surface area contributed by atoms with Crippen LogP contribution in [0.1, 0.15) is 36.8 Å². The summed E-state index contributed by atoms with van der Waals surface area (Å²) in [6.45, 7) is 2.84. The molecule has 28 heavy (non-hydrogen) atoms. The van der Waals surface area contributed by atoms with Crippen LogP contribution < -0.4 is 21.1 Å². The zero-order valence-corrected chi connectivity index (χ0v) is 16.2. The molecule has 0 aromatic heterocycles. The monoisotopic (exact) mass is 379 g/mol. The molecule has 1 fully saturated rings. The average molecular weight is 380 g/mol. The summed E-state index contributed by atoms with van der Waals surface area (Å²) >= 11 is 0. The van der Waals surface area contributed by atoms with Crippen molar-refractivity contribution >= 4 is 17.4 Å². The quantitative estimate of drug-likeness (QED) is 0.320. The molecular formula is C22H29N5O. The van der Waals surface area contributed by atoms with Crippen molar-refractivity contribution in [2.24, 2.45) is 17.4 Å². The molecule has 0 saturated carbocycles. The van der Waals surface area contributed by atoms with E-state index in [1.165, 1.54) is 18.5 Å². The SMILES string of the molecule is N=C(N)c1ccc(OCCC[C@@H]2CCCN(c3ccc(C(=N)N)cc3)C2)cc1. The molecule has 1 atom stereocenters. The molecule has 0 aliphatic carbocycles. The predicted octanol–water partition coefficient (Wildman–Crippen LogP) is 3.33. The molecule has 0 spiro atoms. The van der Waals surface area contributed by atoms with Crippen molar-refractivity contribution in [3.8, 4) is 5.75 Å². The number of amidine groups is 2. The molecule has 0 unspecified atom stereocenters. The molecule has 1 heterocycles. The number of ether oxygens (including phenoxy) is 1. The normalized spacial score (nSPS) is 16.6. The van der Waals surface area contributed by atoms with E-state index >= 15 is 0 Å². The van der Waals surface area contributed by atoms with E-state index in [1.807, 2.05) is 36.4 Å². The minimum absolute atomic E-state index is 0.0735. The number of hydrogen-bond donors (Lipinski definition) is 4. The van der Waals surface area contributed by atoms with Crippen molar-refractivity contribution in [3.63, 3.8) is 0 Å². The van der Waals surface area contributed by atoms with Crippen molar-refractivity contribution in [3.05, 3.63) is 59.7 Å². The summed E-state index contributed by atoms with van der Waals surface area (Å²) in [4.78, 5) is 2.43. The van der Waals surface area contributed by atoms with Gasteiger partial charge in [0.25, 0.3) is 0 Å². The van der Waals surface area contributed by atoms with E-state index in [-0.39, 0.29) is 11.7 Å². The van der Waals surface area contributed by atoms with E-state index < -0.39 is 0 Å². The third-order valence-corrected chi connectivity index (χ3v) is 5.25. The van der Waals surface area contributed by atoms with Gasteiger partial charge in [-0.05, 0) is 80.1 Å². The molecule has 1 saturated heterocycles. The summed E-state index contributed by atoms with van der Waals surface area (Å²) in [5.41, 5.74) is 13.7. The van der Waals surface area contributed by atoms with Crippen molar-refractivity contribution in [2.45, 2.75) is 25.7 Å². The summed E-state index contributed by atoms with van der Waals surface area (Å²) in [5, 5.41) is 14.9. The molecule has 148 valence electrons. The fourth-order valence-electron chi connectivity index (χ4n) is 3.68. The Morgan fingerprint density at radius 2 is 1.57 bits per heavy atom. The van der Waals surface area contributed by atoms with Crippen molar-refractivity contribution in [2.75, 3.05) is 24.6 Å². The van der Waals surface area contributed by atoms with E-state index in [9.17, 15) is 0 Å². The summed E-state index contributed by atoms with van der Waals surface area (Å²) < 4.78 is 5.82. The molecule has 1 aliphatic heterocycles. The Labute approximate surface area is 166 Å². The Kier molecular flexibility index (Phi) is 6.53. The minimum atomic E-state index is 0.0735. The summed E-state index contributed by atoms with van der Waals surface area (Å²) in [7, 11) is 0. The second kappa shape index (κ2) is 9.26. The number of anilines is 1. The average Bonchev–Trinajstić information content (AvgIpc) is 2.72. The van der Waals surface area contributed by atoms with Gasteiger partial charge in [0.2, 0.25) is 0 Å². The molecular weight excluding hydrogens is 350 g/mol. The molecule has 2 aromatic rings. The Morgan fingerprint density at radius 1 is 0.964 bits per heavy atom. The Balaban J connectivity index is 1.43. The fraction of sp³-hybridized carbons (Fsp3) is 0.364. The van der Waals surface area contributed by atoms with Crippen molar-refractivity contribution < 1.29 is 4.74 Å². The van der Waals surface area contributed by atoms with Crippen LogP contribution >= 0.6 is 0 Å². The van der Waals surface area contributed by atoms with Gasteiger partial charge in [0.1, 0.15) is 17.4 Å². The fourth-order valence-corrected chi connectivity index (χ4v) is 3.68. The van der Waals surface area contributed by atoms with E-state index in [0.717, 1.165) is 37.2 Å². The second-order valence-corrected chi connectivity index (χ2v) is 7.34. The lowest BCUT2D eigenvalue weighted by atomic mass is 9.93. The standard InChI is InChI=1S/C22H29N5O/c23-21(24)17-5-9-19(10-6-17)27-13-1-3-16(15-27)4-2-14-28-20-11-7-18(8-12-20)22(25)26/h5-12,16H,1-4,13-15H2,(H3,23,24)(H3,25,26)/t16-/m0/s1. The first-order chi connectivity index (χ1) is 13.5. The van der Waals surface area contributed by atoms with Gasteiger partial charge in [-0.15, -0.1) is 0 Å². The van der Waals surface area contributed by atoms with Gasteiger partial charge in [0, 0.05) is 29.9 Å². The van der Waals surface area contributed by atoms with Crippen LogP contribution in [-0.4, -0.2) is 31.4 Å². The topological polar surface area (TPSA) is 112 Å². The van der Waals surface area contributed by atoms with Gasteiger partial charge in [0.05, 0.1) is 6.61 Å². The predicted molar refractivity (Wildman–Crippen MR) is 115 cm³/mol. The first kappa shape index (κ1) is 19.7. The zero-order chi connectivity index (χ0) is 19.9. The molecule has 0 bridgehead atoms. The van der Waals surface area contributed by atoms with Gasteiger partial charge in [-0.1, -0.05) is 0 Å². The molecule has 6 heteroatoms. The minimum Gasteiger partial charge on any atom is -0.494 e. The van der Waals surface area contributed by atoms with Gasteiger partial charge < -0.3 is 21.1 Å². The lowest BCUT2D eigenvalue weighted by Crippen LogP contribution is -2.35. The maximum absolute atomic E-state index is 7.51. The highest BCUT2D eigenvalue weighted by molar-refractivity contribution is 5.95. The zero-order valence-electron chi connectivity index (χ0n) is 16.2. The molecule has 0 amide bonds. The lowest BCUT2D eigenvalue weighted by Gasteiger charge is -2.34. The summed E-state index contributed by atoms with van der Waals surface area (Å²) in [5.74, 6) is 1.68. The Morgan fingerprint density at radius 3 is 2.18 bits per heavy atom. The van der Waals surface area contributed by atoms with Crippen LogP contribution in [0.15, 0.2) is 48.5 Å². The lowest BCUT2D eigenvalue weighted by molar-refractivity contribution is 0.282. The molecule has 0 radical (unpaired) electrons. The summed E-state index contributed by atoms with van der Waals surface area (Å²) in [6.07, 6.45) is 4.63. The molecule has 6 nitrogen and oxygen atoms in total. The van der Waals surface area contributed by atoms with E-state index in [2.05, 4.69) is 17.0 Å². The van der Waals surface area contributed by atoms with Crippen LogP contribution in [0.3, 0.4) is 0 Å². The smallest absolute Gasteiger partial charge is 0.122 e. The van der Waals surface area contributed by atoms with Crippen LogP contribution in [0.5, 0.6) is 5.75 Å². The largest absolute Gasteiger partial charge is 0.494 e. The Hall–Kier alpha value is -3.02. The first-order valence-corrected chi connectivity index (χ1v) is 9.79. The van der Waals surface area contributed by atoms with Gasteiger partial charge in [-0.3, -0.25) is 10.8 Å². The third-order valence-electron chi connectivity index (χ3n) is 5.25. The number of benzene rings is 2. The van der Waals surface area contributed by atoms with Crippen molar-refractivity contribution in [1.82, 2.24) is 0 Å². The number of nitrogen functional groups attached to an aromatic ring is 2. The number of hydrogen-bond acceptors (Lipinski definition) is 4. The Bertz CT molecular complexity index is 801. The van der Waals surface area contributed by atoms with Gasteiger partial charge >= 0.3 is 0 Å². The molecule has 6 N–H and O–H groups in total. The first-order valence-electron chi connectivity index (χ1n) is 9.79. The van der Waals surface area contributed by atoms with Gasteiger partial charge in [-0.25, -0.2) is 0 Å². The van der Waals surface area contributed by atoms with E-state index in [4.69, 9.17) is 27.0 Å². The highest BCUT2D eigenvalue weighted by Gasteiger charge is 2.20. The van der Waals surface area contributed by atoms with Crippen LogP contribution in [-0.2, 0) is 0 Å². The van der Waals surface area contributed by atoms with Crippen LogP contribution in [0.4, 0.5) is 5.69 Å². The van der Waals surface area contributed by atoms with Crippen LogP contribution in [0, 0.1) is 16.7 Å². The number of rotatable bonds is 8. The van der Waals surface area contributed by atoms with Gasteiger partial charge in [-0.2, -0.15) is 0 Å². The molecule has 2 aromatic carbocycles. The molecule has 3 rings (SSSR count).